The van der Waals surface area contributed by atoms with Crippen LogP contribution in [0.25, 0.3) is 0 Å². The molecule has 0 aromatic carbocycles. The van der Waals surface area contributed by atoms with Crippen LogP contribution in [-0.4, -0.2) is 5.91 Å². The molecule has 1 aromatic heterocycles. The molecule has 0 atom stereocenters. The second-order valence-electron chi connectivity index (χ2n) is 1.65. The van der Waals surface area contributed by atoms with E-state index in [2.05, 4.69) is 11.9 Å². The van der Waals surface area contributed by atoms with Crippen molar-refractivity contribution in [3.8, 4) is 0 Å². The van der Waals surface area contributed by atoms with Gasteiger partial charge in [-0.2, -0.15) is 0 Å². The lowest BCUT2D eigenvalue weighted by Gasteiger charge is -1.91. The smallest absolute Gasteiger partial charge is 0.290 e. The van der Waals surface area contributed by atoms with Crippen molar-refractivity contribution in [3.05, 3.63) is 36.9 Å². The molecule has 0 spiro atoms. The van der Waals surface area contributed by atoms with E-state index in [9.17, 15) is 4.79 Å². The molecule has 0 fully saturated rings. The minimum absolute atomic E-state index is 0.278. The van der Waals surface area contributed by atoms with Crippen LogP contribution in [-0.2, 0) is 0 Å². The van der Waals surface area contributed by atoms with Crippen molar-refractivity contribution in [2.45, 2.75) is 0 Å². The Hall–Kier alpha value is -1.51. The molecule has 0 saturated carbocycles. The Bertz CT molecular complexity index is 226. The average Bonchev–Trinajstić information content (AvgIpc) is 2.38. The lowest BCUT2D eigenvalue weighted by molar-refractivity contribution is 0.0943. The molecule has 1 amide bonds. The zero-order valence-electron chi connectivity index (χ0n) is 5.33. The summed E-state index contributed by atoms with van der Waals surface area (Å²) in [7, 11) is 0. The molecular weight excluding hydrogens is 130 g/mol. The van der Waals surface area contributed by atoms with Gasteiger partial charge in [-0.1, -0.05) is 6.58 Å². The van der Waals surface area contributed by atoms with E-state index in [0.29, 0.717) is 5.76 Å². The first-order valence-electron chi connectivity index (χ1n) is 2.80. The van der Waals surface area contributed by atoms with Gasteiger partial charge in [-0.15, -0.1) is 0 Å². The molecule has 0 aliphatic carbocycles. The van der Waals surface area contributed by atoms with Crippen molar-refractivity contribution in [2.24, 2.45) is 0 Å². The molecule has 1 N–H and O–H groups in total. The fraction of sp³-hybridized carbons (Fsp3) is 0. The Kier molecular flexibility index (Phi) is 1.89. The lowest BCUT2D eigenvalue weighted by Crippen LogP contribution is -2.15. The van der Waals surface area contributed by atoms with E-state index < -0.39 is 0 Å². The van der Waals surface area contributed by atoms with Gasteiger partial charge in [-0.25, -0.2) is 0 Å². The molecule has 0 aliphatic heterocycles. The van der Waals surface area contributed by atoms with Crippen LogP contribution in [0.2, 0.25) is 0 Å². The summed E-state index contributed by atoms with van der Waals surface area (Å²) in [5.74, 6) is 0.0138. The van der Waals surface area contributed by atoms with E-state index in [4.69, 9.17) is 4.42 Å². The molecule has 10 heavy (non-hydrogen) atoms. The fourth-order valence-corrected chi connectivity index (χ4v) is 0.572. The Balaban J connectivity index is 2.68. The van der Waals surface area contributed by atoms with Crippen LogP contribution in [0.5, 0.6) is 0 Å². The highest BCUT2D eigenvalue weighted by atomic mass is 16.3. The summed E-state index contributed by atoms with van der Waals surface area (Å²) in [4.78, 5) is 10.8. The van der Waals surface area contributed by atoms with E-state index in [1.807, 2.05) is 0 Å². The van der Waals surface area contributed by atoms with Gasteiger partial charge < -0.3 is 9.73 Å². The Morgan fingerprint density at radius 2 is 2.60 bits per heavy atom. The number of rotatable bonds is 2. The van der Waals surface area contributed by atoms with Crippen LogP contribution in [0.3, 0.4) is 0 Å². The quantitative estimate of drug-likeness (QED) is 0.664. The molecule has 52 valence electrons. The molecule has 0 aliphatic rings. The molecule has 3 nitrogen and oxygen atoms in total. The Morgan fingerprint density at radius 3 is 3.10 bits per heavy atom. The monoisotopic (exact) mass is 137 g/mol. The zero-order valence-corrected chi connectivity index (χ0v) is 5.33. The van der Waals surface area contributed by atoms with E-state index >= 15 is 0 Å². The van der Waals surface area contributed by atoms with Gasteiger partial charge in [0.15, 0.2) is 5.76 Å². The second kappa shape index (κ2) is 2.87. The maximum Gasteiger partial charge on any atom is 0.290 e. The average molecular weight is 137 g/mol. The van der Waals surface area contributed by atoms with Crippen LogP contribution in [0, 0.1) is 0 Å². The van der Waals surface area contributed by atoms with Crippen LogP contribution in [0.1, 0.15) is 10.6 Å². The minimum atomic E-state index is -0.278. The van der Waals surface area contributed by atoms with Crippen LogP contribution in [0.4, 0.5) is 0 Å². The summed E-state index contributed by atoms with van der Waals surface area (Å²) in [5.41, 5.74) is 0. The van der Waals surface area contributed by atoms with Crippen molar-refractivity contribution in [2.75, 3.05) is 0 Å². The van der Waals surface area contributed by atoms with Crippen molar-refractivity contribution in [1.29, 1.82) is 0 Å². The van der Waals surface area contributed by atoms with Gasteiger partial charge in [0.1, 0.15) is 0 Å². The summed E-state index contributed by atoms with van der Waals surface area (Å²) in [6.07, 6.45) is 2.75. The third-order valence-electron chi connectivity index (χ3n) is 0.978. The Morgan fingerprint density at radius 1 is 1.80 bits per heavy atom. The summed E-state index contributed by atoms with van der Waals surface area (Å²) in [6.45, 7) is 3.34. The molecule has 1 aromatic rings. The van der Waals surface area contributed by atoms with Crippen molar-refractivity contribution in [1.82, 2.24) is 5.32 Å². The SMILES string of the molecule is C=CNC(=O)c1ccco1. The minimum Gasteiger partial charge on any atom is -0.459 e. The van der Waals surface area contributed by atoms with Crippen LogP contribution < -0.4 is 5.32 Å². The fourth-order valence-electron chi connectivity index (χ4n) is 0.572. The van der Waals surface area contributed by atoms with E-state index in [0.717, 1.165) is 0 Å². The predicted octanol–water partition coefficient (Wildman–Crippen LogP) is 1.15. The van der Waals surface area contributed by atoms with Gasteiger partial charge in [0.25, 0.3) is 5.91 Å². The molecule has 0 saturated heterocycles. The van der Waals surface area contributed by atoms with Crippen LogP contribution >= 0.6 is 0 Å². The number of nitrogens with one attached hydrogen (secondary N) is 1. The van der Waals surface area contributed by atoms with Gasteiger partial charge in [0, 0.05) is 0 Å². The maximum atomic E-state index is 10.8. The van der Waals surface area contributed by atoms with E-state index in [1.54, 1.807) is 12.1 Å². The highest BCUT2D eigenvalue weighted by molar-refractivity contribution is 5.91. The van der Waals surface area contributed by atoms with Gasteiger partial charge in [0.05, 0.1) is 6.26 Å². The summed E-state index contributed by atoms with van der Waals surface area (Å²) >= 11 is 0. The largest absolute Gasteiger partial charge is 0.459 e. The van der Waals surface area contributed by atoms with E-state index in [1.165, 1.54) is 12.5 Å². The van der Waals surface area contributed by atoms with E-state index in [-0.39, 0.29) is 5.91 Å². The highest BCUT2D eigenvalue weighted by Gasteiger charge is 2.03. The second-order valence-corrected chi connectivity index (χ2v) is 1.65. The topological polar surface area (TPSA) is 42.2 Å². The zero-order chi connectivity index (χ0) is 7.40. The Labute approximate surface area is 58.3 Å². The van der Waals surface area contributed by atoms with Gasteiger partial charge >= 0.3 is 0 Å². The molecule has 1 heterocycles. The molecule has 0 radical (unpaired) electrons. The predicted molar refractivity (Wildman–Crippen MR) is 36.4 cm³/mol. The first kappa shape index (κ1) is 6.61. The number of carbonyl (C=O) groups excluding carboxylic acids is 1. The lowest BCUT2D eigenvalue weighted by atomic mass is 10.4. The van der Waals surface area contributed by atoms with Gasteiger partial charge in [-0.3, -0.25) is 4.79 Å². The molecule has 0 bridgehead atoms. The summed E-state index contributed by atoms with van der Waals surface area (Å²) in [6, 6.07) is 3.23. The standard InChI is InChI=1S/C7H7NO2/c1-2-8-7(9)6-4-3-5-10-6/h2-5H,1H2,(H,8,9). The molecule has 1 rings (SSSR count). The first-order valence-corrected chi connectivity index (χ1v) is 2.80. The molecule has 3 heteroatoms. The van der Waals surface area contributed by atoms with Crippen LogP contribution in [0.15, 0.2) is 35.6 Å². The number of carbonyl (C=O) groups is 1. The van der Waals surface area contributed by atoms with Crippen molar-refractivity contribution in [3.63, 3.8) is 0 Å². The number of hydrogen-bond acceptors (Lipinski definition) is 2. The number of amides is 1. The number of hydrogen-bond donors (Lipinski definition) is 1. The third-order valence-corrected chi connectivity index (χ3v) is 0.978. The third kappa shape index (κ3) is 1.25. The summed E-state index contributed by atoms with van der Waals surface area (Å²) in [5, 5.41) is 2.38. The number of furan rings is 1. The van der Waals surface area contributed by atoms with Gasteiger partial charge in [-0.05, 0) is 18.3 Å². The normalized spacial score (nSPS) is 8.80. The molecular formula is C7H7NO2. The first-order chi connectivity index (χ1) is 4.84. The maximum absolute atomic E-state index is 10.8. The highest BCUT2D eigenvalue weighted by Crippen LogP contribution is 1.98. The van der Waals surface area contributed by atoms with Crippen molar-refractivity contribution >= 4 is 5.91 Å². The summed E-state index contributed by atoms with van der Waals surface area (Å²) < 4.78 is 4.79. The van der Waals surface area contributed by atoms with Crippen molar-refractivity contribution < 1.29 is 9.21 Å². The molecule has 0 unspecified atom stereocenters. The van der Waals surface area contributed by atoms with Gasteiger partial charge in [0.2, 0.25) is 0 Å².